The minimum absolute atomic E-state index is 0.0536. The van der Waals surface area contributed by atoms with Crippen LogP contribution in [0.4, 0.5) is 0 Å². The van der Waals surface area contributed by atoms with Crippen molar-refractivity contribution in [2.24, 2.45) is 0 Å². The average Bonchev–Trinajstić information content (AvgIpc) is 2.95. The number of hydrogen-bond donors (Lipinski definition) is 0. The van der Waals surface area contributed by atoms with Gasteiger partial charge in [0.15, 0.2) is 0 Å². The molecule has 0 saturated carbocycles. The van der Waals surface area contributed by atoms with Crippen LogP contribution in [0.5, 0.6) is 0 Å². The van der Waals surface area contributed by atoms with Gasteiger partial charge >= 0.3 is 0 Å². The van der Waals surface area contributed by atoms with Crippen LogP contribution in [0, 0.1) is 0 Å². The Morgan fingerprint density at radius 3 is 2.39 bits per heavy atom. The zero-order chi connectivity index (χ0) is 17.0. The van der Waals surface area contributed by atoms with Gasteiger partial charge in [-0.1, -0.05) is 36.5 Å². The summed E-state index contributed by atoms with van der Waals surface area (Å²) in [6, 6.07) is 8.01. The van der Waals surface area contributed by atoms with Crippen molar-refractivity contribution in [2.75, 3.05) is 0 Å². The summed E-state index contributed by atoms with van der Waals surface area (Å²) >= 11 is 1.58. The highest BCUT2D eigenvalue weighted by atomic mass is 32.1. The van der Waals surface area contributed by atoms with Crippen molar-refractivity contribution in [3.63, 3.8) is 0 Å². The minimum atomic E-state index is 0.0536. The van der Waals surface area contributed by atoms with E-state index >= 15 is 0 Å². The smallest absolute Gasteiger partial charge is 0.255 e. The molecule has 23 heavy (non-hydrogen) atoms. The molecule has 5 heteroatoms. The molecule has 0 bridgehead atoms. The van der Waals surface area contributed by atoms with Crippen LogP contribution in [0.2, 0.25) is 0 Å². The highest BCUT2D eigenvalue weighted by molar-refractivity contribution is 7.14. The fraction of sp³-hybridized carbons (Fsp3) is 0.500. The maximum absolute atomic E-state index is 13.0. The number of aromatic nitrogens is 2. The Kier molecular flexibility index (Phi) is 5.88. The first-order valence-electron chi connectivity index (χ1n) is 8.20. The molecule has 0 aliphatic rings. The highest BCUT2D eigenvalue weighted by Crippen LogP contribution is 2.29. The van der Waals surface area contributed by atoms with Gasteiger partial charge in [0.1, 0.15) is 10.0 Å². The molecule has 1 amide bonds. The summed E-state index contributed by atoms with van der Waals surface area (Å²) in [5.74, 6) is 0.0536. The lowest BCUT2D eigenvalue weighted by molar-refractivity contribution is 0.0644. The molecule has 0 radical (unpaired) electrons. The molecule has 2 aromatic rings. The molecule has 124 valence electrons. The van der Waals surface area contributed by atoms with Crippen LogP contribution in [0.1, 0.15) is 56.4 Å². The van der Waals surface area contributed by atoms with Gasteiger partial charge in [-0.05, 0) is 40.2 Å². The van der Waals surface area contributed by atoms with Crippen LogP contribution in [-0.2, 0) is 6.42 Å². The lowest BCUT2D eigenvalue weighted by Gasteiger charge is -2.31. The van der Waals surface area contributed by atoms with E-state index in [2.05, 4.69) is 17.1 Å². The monoisotopic (exact) mass is 331 g/mol. The van der Waals surface area contributed by atoms with E-state index in [0.717, 1.165) is 28.4 Å². The number of rotatable bonds is 6. The van der Waals surface area contributed by atoms with Crippen molar-refractivity contribution in [1.29, 1.82) is 0 Å². The summed E-state index contributed by atoms with van der Waals surface area (Å²) in [5.41, 5.74) is 1.58. The van der Waals surface area contributed by atoms with Gasteiger partial charge in [-0.15, -0.1) is 10.2 Å². The minimum Gasteiger partial charge on any atom is -0.334 e. The third-order valence-corrected chi connectivity index (χ3v) is 4.68. The Morgan fingerprint density at radius 1 is 1.13 bits per heavy atom. The van der Waals surface area contributed by atoms with Crippen LogP contribution in [0.15, 0.2) is 24.3 Å². The van der Waals surface area contributed by atoms with Gasteiger partial charge < -0.3 is 4.90 Å². The summed E-state index contributed by atoms with van der Waals surface area (Å²) in [5, 5.41) is 10.4. The molecular formula is C18H25N3OS. The van der Waals surface area contributed by atoms with E-state index in [9.17, 15) is 4.79 Å². The van der Waals surface area contributed by atoms with E-state index in [-0.39, 0.29) is 18.0 Å². The summed E-state index contributed by atoms with van der Waals surface area (Å²) in [6.07, 6.45) is 1.97. The average molecular weight is 331 g/mol. The van der Waals surface area contributed by atoms with Crippen molar-refractivity contribution in [3.05, 3.63) is 34.8 Å². The Labute approximate surface area is 142 Å². The third-order valence-electron chi connectivity index (χ3n) is 3.67. The van der Waals surface area contributed by atoms with Gasteiger partial charge in [0.05, 0.1) is 0 Å². The largest absolute Gasteiger partial charge is 0.334 e. The van der Waals surface area contributed by atoms with Gasteiger partial charge in [0.25, 0.3) is 5.91 Å². The second-order valence-electron chi connectivity index (χ2n) is 6.20. The summed E-state index contributed by atoms with van der Waals surface area (Å²) in [7, 11) is 0. The van der Waals surface area contributed by atoms with E-state index < -0.39 is 0 Å². The number of carbonyl (C=O) groups excluding carboxylic acids is 1. The standard InChI is InChI=1S/C18H25N3OS/c1-6-9-16-19-20-17(23-16)14-10-7-8-11-15(14)18(22)21(12(2)3)13(4)5/h7-8,10-13H,6,9H2,1-5H3. The quantitative estimate of drug-likeness (QED) is 0.787. The van der Waals surface area contributed by atoms with Crippen LogP contribution in [0.25, 0.3) is 10.6 Å². The van der Waals surface area contributed by atoms with Crippen molar-refractivity contribution < 1.29 is 4.79 Å². The first kappa shape index (κ1) is 17.6. The van der Waals surface area contributed by atoms with Crippen molar-refractivity contribution in [2.45, 2.75) is 59.5 Å². The fourth-order valence-corrected chi connectivity index (χ4v) is 3.72. The number of aryl methyl sites for hydroxylation is 1. The molecule has 1 aromatic heterocycles. The molecule has 4 nitrogen and oxygen atoms in total. The summed E-state index contributed by atoms with van der Waals surface area (Å²) in [6.45, 7) is 10.3. The van der Waals surface area contributed by atoms with Gasteiger partial charge in [0.2, 0.25) is 0 Å². The lowest BCUT2D eigenvalue weighted by Crippen LogP contribution is -2.42. The van der Waals surface area contributed by atoms with Crippen LogP contribution >= 0.6 is 11.3 Å². The molecule has 1 heterocycles. The number of benzene rings is 1. The molecule has 0 N–H and O–H groups in total. The molecule has 0 fully saturated rings. The summed E-state index contributed by atoms with van der Waals surface area (Å²) in [4.78, 5) is 14.9. The van der Waals surface area contributed by atoms with E-state index in [1.54, 1.807) is 11.3 Å². The Hall–Kier alpha value is -1.75. The molecule has 1 aromatic carbocycles. The fourth-order valence-electron chi connectivity index (χ4n) is 2.74. The van der Waals surface area contributed by atoms with Crippen molar-refractivity contribution in [1.82, 2.24) is 15.1 Å². The number of hydrogen-bond acceptors (Lipinski definition) is 4. The Morgan fingerprint density at radius 2 is 1.78 bits per heavy atom. The van der Waals surface area contributed by atoms with Gasteiger partial charge in [-0.2, -0.15) is 0 Å². The van der Waals surface area contributed by atoms with E-state index in [0.29, 0.717) is 5.56 Å². The molecule has 2 rings (SSSR count). The third kappa shape index (κ3) is 3.96. The van der Waals surface area contributed by atoms with Crippen molar-refractivity contribution in [3.8, 4) is 10.6 Å². The number of nitrogens with zero attached hydrogens (tertiary/aromatic N) is 3. The molecule has 0 aliphatic heterocycles. The second kappa shape index (κ2) is 7.68. The molecule has 0 aliphatic carbocycles. The lowest BCUT2D eigenvalue weighted by atomic mass is 10.0. The predicted molar refractivity (Wildman–Crippen MR) is 95.8 cm³/mol. The molecule has 0 saturated heterocycles. The molecule has 0 atom stereocenters. The topological polar surface area (TPSA) is 46.1 Å². The Bertz CT molecular complexity index is 656. The maximum atomic E-state index is 13.0. The highest BCUT2D eigenvalue weighted by Gasteiger charge is 2.24. The molecule has 0 unspecified atom stereocenters. The summed E-state index contributed by atoms with van der Waals surface area (Å²) < 4.78 is 0. The first-order valence-corrected chi connectivity index (χ1v) is 9.01. The second-order valence-corrected chi connectivity index (χ2v) is 7.26. The van der Waals surface area contributed by atoms with E-state index in [1.807, 2.05) is 56.9 Å². The van der Waals surface area contributed by atoms with Gasteiger partial charge in [-0.3, -0.25) is 4.79 Å². The van der Waals surface area contributed by atoms with Crippen molar-refractivity contribution >= 4 is 17.2 Å². The van der Waals surface area contributed by atoms with E-state index in [4.69, 9.17) is 0 Å². The van der Waals surface area contributed by atoms with Crippen LogP contribution in [0.3, 0.4) is 0 Å². The Balaban J connectivity index is 2.42. The SMILES string of the molecule is CCCc1nnc(-c2ccccc2C(=O)N(C(C)C)C(C)C)s1. The number of amides is 1. The maximum Gasteiger partial charge on any atom is 0.255 e. The van der Waals surface area contributed by atoms with Gasteiger partial charge in [0, 0.05) is 29.6 Å². The molecule has 0 spiro atoms. The van der Waals surface area contributed by atoms with E-state index in [1.165, 1.54) is 0 Å². The van der Waals surface area contributed by atoms with Crippen LogP contribution < -0.4 is 0 Å². The normalized spacial score (nSPS) is 11.3. The number of carbonyl (C=O) groups is 1. The zero-order valence-corrected chi connectivity index (χ0v) is 15.4. The van der Waals surface area contributed by atoms with Crippen LogP contribution in [-0.4, -0.2) is 33.1 Å². The molecular weight excluding hydrogens is 306 g/mol. The predicted octanol–water partition coefficient (Wildman–Crippen LogP) is 4.42. The first-order chi connectivity index (χ1) is 11.0. The zero-order valence-electron chi connectivity index (χ0n) is 14.5. The van der Waals surface area contributed by atoms with Gasteiger partial charge in [-0.25, -0.2) is 0 Å².